The molecule has 0 fully saturated rings. The molecule has 3 rings (SSSR count). The van der Waals surface area contributed by atoms with Gasteiger partial charge in [0.25, 0.3) is 0 Å². The van der Waals surface area contributed by atoms with Gasteiger partial charge < -0.3 is 0 Å². The van der Waals surface area contributed by atoms with Crippen molar-refractivity contribution in [3.63, 3.8) is 0 Å². The Labute approximate surface area is 113 Å². The molecule has 0 spiro atoms. The average molecular weight is 414 g/mol. The Kier molecular flexibility index (Phi) is 2.69. The second kappa shape index (κ2) is 4.20. The number of aromatic nitrogens is 3. The summed E-state index contributed by atoms with van der Waals surface area (Å²) in [7, 11) is 0. The molecule has 0 amide bonds. The van der Waals surface area contributed by atoms with Gasteiger partial charge in [-0.2, -0.15) is 0 Å². The predicted molar refractivity (Wildman–Crippen MR) is 59.7 cm³/mol. The standard InChI is InChI=1S/C11H5ClN3O.W/c12-11-9(5-13-6-14-11)8-3-1-2-7-4-15-16-10(7)8;/h1-3,5-6H;. The van der Waals surface area contributed by atoms with Crippen LogP contribution in [0.5, 0.6) is 0 Å². The molecule has 0 atom stereocenters. The second-order valence-electron chi connectivity index (χ2n) is 3.40. The Morgan fingerprint density at radius 2 is 2.12 bits per heavy atom. The first-order valence-corrected chi connectivity index (χ1v) is 6.63. The summed E-state index contributed by atoms with van der Waals surface area (Å²) < 4.78 is 6.29. The Morgan fingerprint density at radius 1 is 1.24 bits per heavy atom. The molecule has 4 nitrogen and oxygen atoms in total. The summed E-state index contributed by atoms with van der Waals surface area (Å²) in [5.41, 5.74) is 2.35. The first-order chi connectivity index (χ1) is 8.27. The van der Waals surface area contributed by atoms with E-state index in [0.717, 1.165) is 26.2 Å². The van der Waals surface area contributed by atoms with Gasteiger partial charge in [-0.25, -0.2) is 0 Å². The van der Waals surface area contributed by atoms with Gasteiger partial charge in [-0.1, -0.05) is 0 Å². The molecule has 0 N–H and O–H groups in total. The van der Waals surface area contributed by atoms with Crippen molar-refractivity contribution in [2.75, 3.05) is 0 Å². The molecule has 0 saturated heterocycles. The molecule has 2 aromatic heterocycles. The maximum atomic E-state index is 6.06. The number of fused-ring (bicyclic) bond motifs is 1. The van der Waals surface area contributed by atoms with E-state index >= 15 is 0 Å². The molecular formula is C11H5ClN3OW. The van der Waals surface area contributed by atoms with Crippen LogP contribution in [0.1, 0.15) is 0 Å². The van der Waals surface area contributed by atoms with Crippen LogP contribution in [0.2, 0.25) is 5.15 Å². The third kappa shape index (κ3) is 1.77. The van der Waals surface area contributed by atoms with Gasteiger partial charge in [0.2, 0.25) is 0 Å². The summed E-state index contributed by atoms with van der Waals surface area (Å²) in [5.74, 6) is 0. The molecule has 83 valence electrons. The zero-order valence-corrected chi connectivity index (χ0v) is 12.1. The molecule has 0 radical (unpaired) electrons. The fraction of sp³-hybridized carbons (Fsp3) is 0. The van der Waals surface area contributed by atoms with Crippen molar-refractivity contribution >= 4 is 26.7 Å². The first kappa shape index (κ1) is 10.9. The molecule has 6 heteroatoms. The molecule has 3 aromatic rings. The van der Waals surface area contributed by atoms with Crippen LogP contribution in [0.3, 0.4) is 0 Å². The number of hydrogen-bond acceptors (Lipinski definition) is 4. The quantitative estimate of drug-likeness (QED) is 0.573. The number of nitrogens with zero attached hydrogens (tertiary/aromatic N) is 3. The normalized spacial score (nSPS) is 10.9. The number of rotatable bonds is 1. The van der Waals surface area contributed by atoms with Gasteiger partial charge in [0.05, 0.1) is 0 Å². The van der Waals surface area contributed by atoms with Gasteiger partial charge in [-0.3, -0.25) is 0 Å². The third-order valence-electron chi connectivity index (χ3n) is 2.42. The zero-order valence-electron chi connectivity index (χ0n) is 8.42. The minimum atomic E-state index is 0.411. The molecule has 17 heavy (non-hydrogen) atoms. The van der Waals surface area contributed by atoms with E-state index in [-0.39, 0.29) is 0 Å². The van der Waals surface area contributed by atoms with Crippen LogP contribution >= 0.6 is 11.6 Å². The molecule has 0 bridgehead atoms. The average Bonchev–Trinajstić information content (AvgIpc) is 2.72. The molecule has 0 saturated carbocycles. The van der Waals surface area contributed by atoms with Crippen molar-refractivity contribution in [3.05, 3.63) is 35.9 Å². The van der Waals surface area contributed by atoms with Crippen molar-refractivity contribution in [2.45, 2.75) is 0 Å². The molecule has 2 heterocycles. The van der Waals surface area contributed by atoms with Crippen molar-refractivity contribution < 1.29 is 24.3 Å². The van der Waals surface area contributed by atoms with E-state index < -0.39 is 0 Å². The fourth-order valence-electron chi connectivity index (χ4n) is 1.65. The van der Waals surface area contributed by atoms with E-state index in [9.17, 15) is 0 Å². The van der Waals surface area contributed by atoms with E-state index in [1.807, 2.05) is 18.2 Å². The monoisotopic (exact) mass is 414 g/mol. The number of halogens is 1. The van der Waals surface area contributed by atoms with E-state index in [0.29, 0.717) is 5.15 Å². The molecule has 0 unspecified atom stereocenters. The van der Waals surface area contributed by atoms with Crippen molar-refractivity contribution in [1.29, 1.82) is 0 Å². The van der Waals surface area contributed by atoms with Crippen LogP contribution in [0.15, 0.2) is 35.2 Å². The van der Waals surface area contributed by atoms with E-state index in [1.54, 1.807) is 6.20 Å². The second-order valence-corrected chi connectivity index (χ2v) is 5.14. The zero-order chi connectivity index (χ0) is 11.8. The van der Waals surface area contributed by atoms with Gasteiger partial charge in [0.15, 0.2) is 0 Å². The summed E-state index contributed by atoms with van der Waals surface area (Å²) in [6.07, 6.45) is 3.09. The third-order valence-corrected chi connectivity index (χ3v) is 3.78. The molecule has 1 aromatic carbocycles. The van der Waals surface area contributed by atoms with Crippen LogP contribution in [0.25, 0.3) is 22.1 Å². The van der Waals surface area contributed by atoms with Crippen LogP contribution in [0.4, 0.5) is 0 Å². The summed E-state index contributed by atoms with van der Waals surface area (Å²) in [5, 5.41) is 5.41. The molecule has 0 aliphatic carbocycles. The van der Waals surface area contributed by atoms with E-state index in [1.165, 1.54) is 26.1 Å². The summed E-state index contributed by atoms with van der Waals surface area (Å²) in [4.78, 5) is 7.95. The minimum absolute atomic E-state index is 0.411. The van der Waals surface area contributed by atoms with Crippen LogP contribution < -0.4 is 4.08 Å². The number of hydrogen-bond donors (Lipinski definition) is 0. The summed E-state index contributed by atoms with van der Waals surface area (Å²) >= 11 is 7.33. The van der Waals surface area contributed by atoms with E-state index in [2.05, 4.69) is 15.1 Å². The number of para-hydroxylation sites is 1. The fourth-order valence-corrected chi connectivity index (χ4v) is 2.55. The Balaban J connectivity index is 2.35. The molecule has 0 aliphatic heterocycles. The van der Waals surface area contributed by atoms with Crippen molar-refractivity contribution in [1.82, 2.24) is 15.1 Å². The first-order valence-electron chi connectivity index (χ1n) is 4.78. The van der Waals surface area contributed by atoms with Gasteiger partial charge in [-0.15, -0.1) is 0 Å². The van der Waals surface area contributed by atoms with Gasteiger partial charge in [-0.05, 0) is 0 Å². The Hall–Kier alpha value is -1.25. The van der Waals surface area contributed by atoms with Gasteiger partial charge in [0, 0.05) is 0 Å². The topological polar surface area (TPSA) is 51.8 Å². The van der Waals surface area contributed by atoms with Gasteiger partial charge >= 0.3 is 113 Å². The Morgan fingerprint density at radius 3 is 2.94 bits per heavy atom. The van der Waals surface area contributed by atoms with Crippen molar-refractivity contribution in [2.24, 2.45) is 0 Å². The molecule has 0 aliphatic rings. The Bertz CT molecular complexity index is 698. The van der Waals surface area contributed by atoms with Crippen LogP contribution in [-0.4, -0.2) is 15.1 Å². The van der Waals surface area contributed by atoms with Gasteiger partial charge in [0.1, 0.15) is 0 Å². The van der Waals surface area contributed by atoms with Crippen molar-refractivity contribution in [3.8, 4) is 11.1 Å². The predicted octanol–water partition coefficient (Wildman–Crippen LogP) is 2.11. The summed E-state index contributed by atoms with van der Waals surface area (Å²) in [6, 6.07) is 5.85. The van der Waals surface area contributed by atoms with E-state index in [4.69, 9.17) is 16.1 Å². The SMILES string of the molecule is Clc1ncncc1-c1cccc2[c]([W])noc12. The maximum absolute atomic E-state index is 6.06. The van der Waals surface area contributed by atoms with Crippen LogP contribution in [0, 0.1) is 0 Å². The molecular weight excluding hydrogens is 409 g/mol. The number of benzene rings is 1. The van der Waals surface area contributed by atoms with Crippen LogP contribution in [-0.2, 0) is 19.8 Å². The summed E-state index contributed by atoms with van der Waals surface area (Å²) in [6.45, 7) is 0.